The second-order valence-corrected chi connectivity index (χ2v) is 6.29. The Kier molecular flexibility index (Phi) is 3.68. The van der Waals surface area contributed by atoms with E-state index in [1.54, 1.807) is 0 Å². The van der Waals surface area contributed by atoms with E-state index in [1.165, 1.54) is 11.1 Å². The molecule has 0 radical (unpaired) electrons. The molecule has 19 heavy (non-hydrogen) atoms. The topological polar surface area (TPSA) is 52.3 Å². The highest BCUT2D eigenvalue weighted by atomic mass is 16.6. The molecule has 2 aliphatic rings. The average molecular weight is 263 g/mol. The van der Waals surface area contributed by atoms with Crippen molar-refractivity contribution in [1.29, 1.82) is 0 Å². The Labute approximate surface area is 116 Å². The highest BCUT2D eigenvalue weighted by Crippen LogP contribution is 2.36. The van der Waals surface area contributed by atoms with Gasteiger partial charge in [0.05, 0.1) is 0 Å². The van der Waals surface area contributed by atoms with Crippen molar-refractivity contribution in [1.82, 2.24) is 0 Å². The van der Waals surface area contributed by atoms with Gasteiger partial charge < -0.3 is 10.5 Å². The summed E-state index contributed by atoms with van der Waals surface area (Å²) in [6.07, 6.45) is 6.65. The molecule has 0 heterocycles. The molecular weight excluding hydrogens is 238 g/mol. The molecule has 0 fully saturated rings. The fraction of sp³-hybridized carbons (Fsp3) is 0.562. The van der Waals surface area contributed by atoms with Crippen molar-refractivity contribution in [3.05, 3.63) is 34.4 Å². The van der Waals surface area contributed by atoms with Crippen LogP contribution in [0.1, 0.15) is 48.4 Å². The lowest BCUT2D eigenvalue weighted by atomic mass is 9.98. The Morgan fingerprint density at radius 3 is 2.79 bits per heavy atom. The standard InChI is InChI=1S/C16H23NO2.H2/c1-10-11-8-9-14(17)13(11)7-5-6-12(10)15(18)19-16(2,3)4;/h5,7,14H,6,8-9,17H2,1-4H3;1H/t14-;/m0./s1. The van der Waals surface area contributed by atoms with Crippen molar-refractivity contribution >= 4 is 5.97 Å². The first-order chi connectivity index (χ1) is 8.79. The number of hydrogen-bond acceptors (Lipinski definition) is 3. The second kappa shape index (κ2) is 4.97. The number of allylic oxidation sites excluding steroid dienone is 3. The van der Waals surface area contributed by atoms with E-state index >= 15 is 0 Å². The Morgan fingerprint density at radius 1 is 1.47 bits per heavy atom. The summed E-state index contributed by atoms with van der Waals surface area (Å²) in [5.41, 5.74) is 9.90. The van der Waals surface area contributed by atoms with Crippen LogP contribution in [0.5, 0.6) is 0 Å². The molecule has 106 valence electrons. The van der Waals surface area contributed by atoms with Gasteiger partial charge in [0, 0.05) is 13.0 Å². The monoisotopic (exact) mass is 263 g/mol. The first kappa shape index (κ1) is 14.1. The third-order valence-electron chi connectivity index (χ3n) is 3.62. The van der Waals surface area contributed by atoms with E-state index in [1.807, 2.05) is 33.8 Å². The Hall–Kier alpha value is -1.35. The maximum Gasteiger partial charge on any atom is 0.335 e. The number of ether oxygens (including phenoxy) is 1. The van der Waals surface area contributed by atoms with E-state index in [0.29, 0.717) is 6.42 Å². The van der Waals surface area contributed by atoms with Crippen LogP contribution in [0.4, 0.5) is 0 Å². The van der Waals surface area contributed by atoms with Crippen LogP contribution in [-0.4, -0.2) is 17.6 Å². The maximum absolute atomic E-state index is 12.3. The van der Waals surface area contributed by atoms with E-state index < -0.39 is 5.60 Å². The Balaban J connectivity index is 0.00000200. The molecule has 0 amide bonds. The minimum absolute atomic E-state index is 0. The van der Waals surface area contributed by atoms with Gasteiger partial charge in [-0.25, -0.2) is 4.79 Å². The number of carbonyl (C=O) groups excluding carboxylic acids is 1. The fourth-order valence-electron chi connectivity index (χ4n) is 2.67. The van der Waals surface area contributed by atoms with Gasteiger partial charge in [0.2, 0.25) is 0 Å². The van der Waals surface area contributed by atoms with Gasteiger partial charge in [-0.3, -0.25) is 0 Å². The lowest BCUT2D eigenvalue weighted by Gasteiger charge is -2.21. The van der Waals surface area contributed by atoms with Gasteiger partial charge >= 0.3 is 5.97 Å². The largest absolute Gasteiger partial charge is 0.457 e. The molecule has 1 atom stereocenters. The maximum atomic E-state index is 12.3. The molecule has 3 heteroatoms. The number of carbonyl (C=O) groups is 1. The molecule has 0 aromatic carbocycles. The minimum Gasteiger partial charge on any atom is -0.457 e. The molecule has 0 spiro atoms. The zero-order chi connectivity index (χ0) is 14.2. The van der Waals surface area contributed by atoms with Gasteiger partial charge in [-0.1, -0.05) is 12.2 Å². The molecular formula is C16H25NO2. The molecule has 0 saturated heterocycles. The third kappa shape index (κ3) is 2.98. The molecule has 2 rings (SSSR count). The molecule has 0 bridgehead atoms. The van der Waals surface area contributed by atoms with Crippen LogP contribution in [0.3, 0.4) is 0 Å². The van der Waals surface area contributed by atoms with Crippen molar-refractivity contribution in [2.24, 2.45) is 5.73 Å². The van der Waals surface area contributed by atoms with E-state index in [0.717, 1.165) is 24.0 Å². The summed E-state index contributed by atoms with van der Waals surface area (Å²) in [5.74, 6) is -0.205. The zero-order valence-corrected chi connectivity index (χ0v) is 12.2. The minimum atomic E-state index is -0.455. The summed E-state index contributed by atoms with van der Waals surface area (Å²) >= 11 is 0. The van der Waals surface area contributed by atoms with Gasteiger partial charge in [0.15, 0.2) is 0 Å². The average Bonchev–Trinajstić information content (AvgIpc) is 2.53. The summed E-state index contributed by atoms with van der Waals surface area (Å²) in [5, 5.41) is 0. The fourth-order valence-corrected chi connectivity index (χ4v) is 2.67. The molecule has 0 aliphatic heterocycles. The highest BCUT2D eigenvalue weighted by molar-refractivity contribution is 5.91. The van der Waals surface area contributed by atoms with Gasteiger partial charge in [0.25, 0.3) is 0 Å². The van der Waals surface area contributed by atoms with Gasteiger partial charge in [-0.2, -0.15) is 0 Å². The normalized spacial score (nSPS) is 23.5. The highest BCUT2D eigenvalue weighted by Gasteiger charge is 2.28. The van der Waals surface area contributed by atoms with Crippen LogP contribution < -0.4 is 5.73 Å². The van der Waals surface area contributed by atoms with E-state index in [2.05, 4.69) is 6.08 Å². The lowest BCUT2D eigenvalue weighted by Crippen LogP contribution is -2.25. The van der Waals surface area contributed by atoms with Crippen molar-refractivity contribution in [3.63, 3.8) is 0 Å². The first-order valence-electron chi connectivity index (χ1n) is 6.88. The van der Waals surface area contributed by atoms with Crippen molar-refractivity contribution in [2.45, 2.75) is 58.6 Å². The van der Waals surface area contributed by atoms with Crippen LogP contribution in [0.15, 0.2) is 34.4 Å². The number of esters is 1. The number of rotatable bonds is 1. The SMILES string of the molecule is CC1=C(C(=O)OC(C)(C)C)CC=CC2=C1CC[C@@H]2N.[HH]. The van der Waals surface area contributed by atoms with E-state index in [4.69, 9.17) is 10.5 Å². The predicted molar refractivity (Wildman–Crippen MR) is 78.7 cm³/mol. The van der Waals surface area contributed by atoms with Crippen LogP contribution in [0, 0.1) is 0 Å². The molecule has 2 N–H and O–H groups in total. The van der Waals surface area contributed by atoms with E-state index in [9.17, 15) is 4.79 Å². The molecule has 3 nitrogen and oxygen atoms in total. The molecule has 0 aromatic heterocycles. The summed E-state index contributed by atoms with van der Waals surface area (Å²) < 4.78 is 5.49. The van der Waals surface area contributed by atoms with Crippen LogP contribution in [0.25, 0.3) is 0 Å². The third-order valence-corrected chi connectivity index (χ3v) is 3.62. The molecule has 0 saturated carbocycles. The van der Waals surface area contributed by atoms with Crippen molar-refractivity contribution < 1.29 is 11.0 Å². The Bertz CT molecular complexity index is 495. The molecule has 2 aliphatic carbocycles. The van der Waals surface area contributed by atoms with Gasteiger partial charge in [-0.15, -0.1) is 0 Å². The Morgan fingerprint density at radius 2 is 2.16 bits per heavy atom. The lowest BCUT2D eigenvalue weighted by molar-refractivity contribution is -0.150. The molecule has 0 unspecified atom stereocenters. The summed E-state index contributed by atoms with van der Waals surface area (Å²) in [6, 6.07) is 0.110. The van der Waals surface area contributed by atoms with Crippen LogP contribution >= 0.6 is 0 Å². The van der Waals surface area contributed by atoms with Crippen LogP contribution in [0.2, 0.25) is 0 Å². The number of hydrogen-bond donors (Lipinski definition) is 1. The summed E-state index contributed by atoms with van der Waals surface area (Å²) in [4.78, 5) is 12.3. The second-order valence-electron chi connectivity index (χ2n) is 6.29. The quantitative estimate of drug-likeness (QED) is 0.739. The number of nitrogens with two attached hydrogens (primary N) is 1. The first-order valence-corrected chi connectivity index (χ1v) is 6.88. The van der Waals surface area contributed by atoms with Crippen LogP contribution in [-0.2, 0) is 9.53 Å². The molecule has 0 aromatic rings. The van der Waals surface area contributed by atoms with E-state index in [-0.39, 0.29) is 13.4 Å². The van der Waals surface area contributed by atoms with Crippen molar-refractivity contribution in [2.75, 3.05) is 0 Å². The van der Waals surface area contributed by atoms with Crippen molar-refractivity contribution in [3.8, 4) is 0 Å². The predicted octanol–water partition coefficient (Wildman–Crippen LogP) is 3.27. The zero-order valence-electron chi connectivity index (χ0n) is 12.2. The summed E-state index contributed by atoms with van der Waals surface area (Å²) in [6.45, 7) is 7.69. The summed E-state index contributed by atoms with van der Waals surface area (Å²) in [7, 11) is 0. The van der Waals surface area contributed by atoms with Gasteiger partial charge in [-0.05, 0) is 63.7 Å². The smallest absolute Gasteiger partial charge is 0.335 e. The van der Waals surface area contributed by atoms with Gasteiger partial charge in [0.1, 0.15) is 5.60 Å².